The normalized spacial score (nSPS) is 20.1. The van der Waals surface area contributed by atoms with Gasteiger partial charge in [-0.05, 0) is 55.5 Å². The van der Waals surface area contributed by atoms with Crippen molar-refractivity contribution in [3.05, 3.63) is 47.2 Å². The topological polar surface area (TPSA) is 178 Å². The molecule has 0 unspecified atom stereocenters. The minimum Gasteiger partial charge on any atom is -0.364 e. The number of hydrogen-bond acceptors (Lipinski definition) is 7. The lowest BCUT2D eigenvalue weighted by Gasteiger charge is -2.34. The van der Waals surface area contributed by atoms with E-state index in [-0.39, 0.29) is 60.0 Å². The number of amides is 4. The number of nitrogens with zero attached hydrogens (tertiary/aromatic N) is 4. The van der Waals surface area contributed by atoms with Gasteiger partial charge in [0.1, 0.15) is 23.6 Å². The summed E-state index contributed by atoms with van der Waals surface area (Å²) in [5.41, 5.74) is 11.9. The van der Waals surface area contributed by atoms with Gasteiger partial charge in [0.2, 0.25) is 17.7 Å². The number of halogens is 1. The van der Waals surface area contributed by atoms with Crippen molar-refractivity contribution in [2.24, 2.45) is 17.4 Å². The molecule has 3 heterocycles. The highest BCUT2D eigenvalue weighted by atomic mass is 35.5. The van der Waals surface area contributed by atoms with Crippen LogP contribution < -0.4 is 22.1 Å². The van der Waals surface area contributed by atoms with Gasteiger partial charge in [0.05, 0.1) is 5.52 Å². The predicted molar refractivity (Wildman–Crippen MR) is 140 cm³/mol. The van der Waals surface area contributed by atoms with E-state index in [9.17, 15) is 19.2 Å². The summed E-state index contributed by atoms with van der Waals surface area (Å²) in [5.74, 6) is -1.29. The predicted octanol–water partition coefficient (Wildman–Crippen LogP) is 1.49. The molecule has 5 rings (SSSR count). The number of fused-ring (bicyclic) bond motifs is 3. The number of benzene rings is 1. The number of nitrogens with two attached hydrogens (primary N) is 2. The highest BCUT2D eigenvalue weighted by Gasteiger charge is 2.51. The molecule has 0 radical (unpaired) electrons. The number of piperidine rings is 1. The van der Waals surface area contributed by atoms with Crippen molar-refractivity contribution in [3.8, 4) is 0 Å². The summed E-state index contributed by atoms with van der Waals surface area (Å²) in [7, 11) is 0. The fraction of sp³-hybridized carbons (Fsp3) is 0.360. The first-order valence-electron chi connectivity index (χ1n) is 12.3. The van der Waals surface area contributed by atoms with E-state index in [0.717, 1.165) is 19.3 Å². The Labute approximate surface area is 222 Å². The van der Waals surface area contributed by atoms with Gasteiger partial charge in [-0.3, -0.25) is 23.9 Å². The van der Waals surface area contributed by atoms with Crippen molar-refractivity contribution >= 4 is 57.6 Å². The molecular formula is C25H27ClN8O4. The Morgan fingerprint density at radius 3 is 2.66 bits per heavy atom. The summed E-state index contributed by atoms with van der Waals surface area (Å²) in [5, 5.41) is 10.5. The van der Waals surface area contributed by atoms with Gasteiger partial charge in [-0.15, -0.1) is 0 Å². The second-order valence-corrected chi connectivity index (χ2v) is 9.88. The van der Waals surface area contributed by atoms with Crippen LogP contribution in [0.3, 0.4) is 0 Å². The van der Waals surface area contributed by atoms with Crippen molar-refractivity contribution < 1.29 is 19.2 Å². The zero-order valence-corrected chi connectivity index (χ0v) is 21.1. The number of carbonyl (C=O) groups excluding carboxylic acids is 4. The maximum atomic E-state index is 13.6. The van der Waals surface area contributed by atoms with Gasteiger partial charge in [0.15, 0.2) is 5.69 Å². The van der Waals surface area contributed by atoms with Crippen LogP contribution in [0.4, 0.5) is 11.5 Å². The Balaban J connectivity index is 1.39. The van der Waals surface area contributed by atoms with Crippen molar-refractivity contribution in [2.75, 3.05) is 17.2 Å². The summed E-state index contributed by atoms with van der Waals surface area (Å²) in [6.45, 7) is 0.0126. The molecule has 6 N–H and O–H groups in total. The number of likely N-dealkylation sites (tertiary alicyclic amines) is 1. The fourth-order valence-corrected chi connectivity index (χ4v) is 5.65. The molecule has 4 amide bonds. The Morgan fingerprint density at radius 2 is 1.92 bits per heavy atom. The SMILES string of the molecule is NCCC(=O)Nc1ccc2c(c1)c(C(N)=O)nn2CC(=O)N1[C@@H]2CC[C@@H](C2)[C@H]1C(=O)Nc1cccc(Cl)n1. The molecule has 198 valence electrons. The molecular weight excluding hydrogens is 512 g/mol. The van der Waals surface area contributed by atoms with Crippen molar-refractivity contribution in [1.82, 2.24) is 19.7 Å². The summed E-state index contributed by atoms with van der Waals surface area (Å²) in [4.78, 5) is 56.7. The van der Waals surface area contributed by atoms with E-state index in [4.69, 9.17) is 23.1 Å². The molecule has 2 fully saturated rings. The molecule has 2 aromatic heterocycles. The van der Waals surface area contributed by atoms with Gasteiger partial charge in [0, 0.05) is 30.1 Å². The number of hydrogen-bond donors (Lipinski definition) is 4. The Kier molecular flexibility index (Phi) is 7.00. The third-order valence-electron chi connectivity index (χ3n) is 7.03. The summed E-state index contributed by atoms with van der Waals surface area (Å²) >= 11 is 5.95. The van der Waals surface area contributed by atoms with Crippen molar-refractivity contribution in [3.63, 3.8) is 0 Å². The van der Waals surface area contributed by atoms with E-state index < -0.39 is 11.9 Å². The van der Waals surface area contributed by atoms with Crippen molar-refractivity contribution in [1.29, 1.82) is 0 Å². The number of rotatable bonds is 8. The number of aromatic nitrogens is 3. The van der Waals surface area contributed by atoms with Crippen LogP contribution in [0, 0.1) is 5.92 Å². The lowest BCUT2D eigenvalue weighted by Crippen LogP contribution is -2.52. The molecule has 1 saturated carbocycles. The minimum atomic E-state index is -0.766. The first-order valence-corrected chi connectivity index (χ1v) is 12.7. The zero-order valence-electron chi connectivity index (χ0n) is 20.4. The van der Waals surface area contributed by atoms with Gasteiger partial charge < -0.3 is 27.0 Å². The van der Waals surface area contributed by atoms with E-state index in [2.05, 4.69) is 20.7 Å². The molecule has 38 heavy (non-hydrogen) atoms. The molecule has 2 aliphatic rings. The first-order chi connectivity index (χ1) is 18.2. The minimum absolute atomic E-state index is 0.0213. The smallest absolute Gasteiger partial charge is 0.269 e. The largest absolute Gasteiger partial charge is 0.364 e. The van der Waals surface area contributed by atoms with Crippen LogP contribution in [-0.4, -0.2) is 61.9 Å². The molecule has 2 bridgehead atoms. The second kappa shape index (κ2) is 10.4. The van der Waals surface area contributed by atoms with Gasteiger partial charge in [-0.2, -0.15) is 5.10 Å². The molecule has 1 aromatic carbocycles. The van der Waals surface area contributed by atoms with Crippen LogP contribution in [0.5, 0.6) is 0 Å². The van der Waals surface area contributed by atoms with E-state index >= 15 is 0 Å². The average molecular weight is 539 g/mol. The average Bonchev–Trinajstić information content (AvgIpc) is 3.57. The lowest BCUT2D eigenvalue weighted by molar-refractivity contribution is -0.141. The van der Waals surface area contributed by atoms with E-state index in [1.54, 1.807) is 41.3 Å². The van der Waals surface area contributed by atoms with Crippen LogP contribution in [-0.2, 0) is 20.9 Å². The van der Waals surface area contributed by atoms with E-state index in [1.165, 1.54) is 4.68 Å². The summed E-state index contributed by atoms with van der Waals surface area (Å²) < 4.78 is 1.41. The van der Waals surface area contributed by atoms with Gasteiger partial charge >= 0.3 is 0 Å². The Morgan fingerprint density at radius 1 is 1.11 bits per heavy atom. The number of pyridine rings is 1. The summed E-state index contributed by atoms with van der Waals surface area (Å²) in [6.07, 6.45) is 2.55. The standard InChI is InChI=1S/C25H27ClN8O4/c26-18-2-1-3-19(30-18)31-25(38)23-13-4-6-15(10-13)34(23)21(36)12-33-17-7-5-14(29-20(35)8-9-27)11-16(17)22(32-33)24(28)37/h1-3,5,7,11,13,15,23H,4,6,8-10,12,27H2,(H2,28,37)(H,29,35)(H,30,31,38)/t13-,15+,23-/m0/s1. The van der Waals surface area contributed by atoms with Gasteiger partial charge in [0.25, 0.3) is 5.91 Å². The molecule has 12 nitrogen and oxygen atoms in total. The van der Waals surface area contributed by atoms with Crippen molar-refractivity contribution in [2.45, 2.75) is 44.3 Å². The number of anilines is 2. The first kappa shape index (κ1) is 25.6. The van der Waals surface area contributed by atoms with E-state index in [0.29, 0.717) is 22.4 Å². The fourth-order valence-electron chi connectivity index (χ4n) is 5.49. The summed E-state index contributed by atoms with van der Waals surface area (Å²) in [6, 6.07) is 9.11. The van der Waals surface area contributed by atoms with Crippen LogP contribution in [0.2, 0.25) is 5.15 Å². The lowest BCUT2D eigenvalue weighted by atomic mass is 9.97. The maximum absolute atomic E-state index is 13.6. The van der Waals surface area contributed by atoms with Crippen LogP contribution in [0.25, 0.3) is 10.9 Å². The molecule has 1 aliphatic carbocycles. The third-order valence-corrected chi connectivity index (χ3v) is 7.24. The Hall–Kier alpha value is -4.03. The quantitative estimate of drug-likeness (QED) is 0.314. The Bertz CT molecular complexity index is 1440. The molecule has 0 spiro atoms. The van der Waals surface area contributed by atoms with Gasteiger partial charge in [-0.25, -0.2) is 4.98 Å². The molecule has 1 saturated heterocycles. The number of nitrogens with one attached hydrogen (secondary N) is 2. The molecule has 1 aliphatic heterocycles. The number of primary amides is 1. The molecule has 3 atom stereocenters. The van der Waals surface area contributed by atoms with Crippen LogP contribution in [0.1, 0.15) is 36.2 Å². The van der Waals surface area contributed by atoms with Gasteiger partial charge in [-0.1, -0.05) is 17.7 Å². The monoisotopic (exact) mass is 538 g/mol. The van der Waals surface area contributed by atoms with E-state index in [1.807, 2.05) is 0 Å². The van der Waals surface area contributed by atoms with Crippen LogP contribution >= 0.6 is 11.6 Å². The number of carbonyl (C=O) groups is 4. The maximum Gasteiger partial charge on any atom is 0.269 e. The second-order valence-electron chi connectivity index (χ2n) is 9.50. The van der Waals surface area contributed by atoms with Crippen LogP contribution in [0.15, 0.2) is 36.4 Å². The zero-order chi connectivity index (χ0) is 27.0. The highest BCUT2D eigenvalue weighted by Crippen LogP contribution is 2.43. The molecule has 3 aromatic rings. The highest BCUT2D eigenvalue weighted by molar-refractivity contribution is 6.29. The molecule has 13 heteroatoms. The third kappa shape index (κ3) is 4.92.